The molecule has 1 atom stereocenters. The maximum absolute atomic E-state index is 5.89. The zero-order valence-corrected chi connectivity index (χ0v) is 8.61. The summed E-state index contributed by atoms with van der Waals surface area (Å²) < 4.78 is 2.10. The van der Waals surface area contributed by atoms with Crippen LogP contribution in [0, 0.1) is 0 Å². The van der Waals surface area contributed by atoms with E-state index in [1.165, 1.54) is 0 Å². The Hall–Kier alpha value is -0.870. The van der Waals surface area contributed by atoms with Gasteiger partial charge in [-0.2, -0.15) is 5.10 Å². The third-order valence-electron chi connectivity index (χ3n) is 2.82. The van der Waals surface area contributed by atoms with Crippen LogP contribution >= 0.6 is 0 Å². The second-order valence-corrected chi connectivity index (χ2v) is 3.97. The summed E-state index contributed by atoms with van der Waals surface area (Å²) in [6, 6.07) is 2.63. The van der Waals surface area contributed by atoms with Crippen molar-refractivity contribution < 1.29 is 0 Å². The Morgan fingerprint density at radius 1 is 1.57 bits per heavy atom. The minimum Gasteiger partial charge on any atom is -0.323 e. The Morgan fingerprint density at radius 3 is 2.93 bits per heavy atom. The molecule has 1 fully saturated rings. The van der Waals surface area contributed by atoms with Crippen molar-refractivity contribution in [1.82, 2.24) is 15.1 Å². The topological polar surface area (TPSA) is 55.9 Å². The minimum atomic E-state index is 0.0763. The summed E-state index contributed by atoms with van der Waals surface area (Å²) in [6.07, 6.45) is 4.16. The monoisotopic (exact) mass is 194 g/mol. The molecular formula is C10H18N4. The zero-order valence-electron chi connectivity index (χ0n) is 8.61. The van der Waals surface area contributed by atoms with E-state index in [1.807, 2.05) is 19.2 Å². The number of hydrogen-bond acceptors (Lipinski definition) is 3. The van der Waals surface area contributed by atoms with Crippen LogP contribution in [0.25, 0.3) is 0 Å². The molecule has 1 aliphatic rings. The molecule has 0 amide bonds. The number of aromatic nitrogens is 2. The van der Waals surface area contributed by atoms with Crippen LogP contribution in [0.4, 0.5) is 0 Å². The van der Waals surface area contributed by atoms with E-state index in [0.29, 0.717) is 6.04 Å². The molecule has 4 nitrogen and oxygen atoms in total. The average molecular weight is 194 g/mol. The lowest BCUT2D eigenvalue weighted by atomic mass is 10.1. The molecule has 3 N–H and O–H groups in total. The highest BCUT2D eigenvalue weighted by Crippen LogP contribution is 2.21. The van der Waals surface area contributed by atoms with Crippen LogP contribution in [-0.4, -0.2) is 22.9 Å². The van der Waals surface area contributed by atoms with Gasteiger partial charge >= 0.3 is 0 Å². The van der Waals surface area contributed by atoms with Crippen molar-refractivity contribution in [2.75, 3.05) is 13.1 Å². The van der Waals surface area contributed by atoms with Crippen LogP contribution < -0.4 is 11.1 Å². The number of hydrogen-bond donors (Lipinski definition) is 2. The molecule has 1 unspecified atom stereocenters. The van der Waals surface area contributed by atoms with Gasteiger partial charge in [0.25, 0.3) is 0 Å². The fourth-order valence-electron chi connectivity index (χ4n) is 2.04. The maximum atomic E-state index is 5.89. The Balaban J connectivity index is 2.17. The van der Waals surface area contributed by atoms with Gasteiger partial charge in [-0.25, -0.2) is 0 Å². The van der Waals surface area contributed by atoms with E-state index in [-0.39, 0.29) is 6.04 Å². The van der Waals surface area contributed by atoms with Gasteiger partial charge in [0.05, 0.1) is 11.7 Å². The summed E-state index contributed by atoms with van der Waals surface area (Å²) in [7, 11) is 0. The quantitative estimate of drug-likeness (QED) is 0.733. The summed E-state index contributed by atoms with van der Waals surface area (Å²) in [5.41, 5.74) is 7.04. The fourth-order valence-corrected chi connectivity index (χ4v) is 2.04. The SMILES string of the molecule is CC(N)c1ccnn1C1CCNCC1. The van der Waals surface area contributed by atoms with Crippen LogP contribution in [0.1, 0.15) is 37.5 Å². The van der Waals surface area contributed by atoms with Crippen LogP contribution in [0.5, 0.6) is 0 Å². The van der Waals surface area contributed by atoms with Gasteiger partial charge in [0.15, 0.2) is 0 Å². The zero-order chi connectivity index (χ0) is 9.97. The van der Waals surface area contributed by atoms with Crippen molar-refractivity contribution in [3.05, 3.63) is 18.0 Å². The Morgan fingerprint density at radius 2 is 2.29 bits per heavy atom. The van der Waals surface area contributed by atoms with Gasteiger partial charge in [0.2, 0.25) is 0 Å². The lowest BCUT2D eigenvalue weighted by molar-refractivity contribution is 0.331. The molecule has 4 heteroatoms. The van der Waals surface area contributed by atoms with Crippen molar-refractivity contribution in [1.29, 1.82) is 0 Å². The third-order valence-corrected chi connectivity index (χ3v) is 2.82. The van der Waals surface area contributed by atoms with E-state index < -0.39 is 0 Å². The minimum absolute atomic E-state index is 0.0763. The first-order chi connectivity index (χ1) is 6.79. The molecule has 0 radical (unpaired) electrons. The molecule has 0 spiro atoms. The molecule has 0 aromatic carbocycles. The Labute approximate surface area is 84.5 Å². The van der Waals surface area contributed by atoms with Gasteiger partial charge in [0, 0.05) is 12.2 Å². The third kappa shape index (κ3) is 1.81. The first-order valence-corrected chi connectivity index (χ1v) is 5.28. The molecule has 2 heterocycles. The molecular weight excluding hydrogens is 176 g/mol. The van der Waals surface area contributed by atoms with Gasteiger partial charge in [0.1, 0.15) is 0 Å². The summed E-state index contributed by atoms with van der Waals surface area (Å²) in [5.74, 6) is 0. The lowest BCUT2D eigenvalue weighted by Gasteiger charge is -2.25. The summed E-state index contributed by atoms with van der Waals surface area (Å²) in [5, 5.41) is 7.72. The smallest absolute Gasteiger partial charge is 0.0551 e. The summed E-state index contributed by atoms with van der Waals surface area (Å²) >= 11 is 0. The first-order valence-electron chi connectivity index (χ1n) is 5.28. The number of rotatable bonds is 2. The largest absolute Gasteiger partial charge is 0.323 e. The average Bonchev–Trinajstić information content (AvgIpc) is 2.67. The second kappa shape index (κ2) is 4.11. The van der Waals surface area contributed by atoms with Crippen LogP contribution in [0.3, 0.4) is 0 Å². The fraction of sp³-hybridized carbons (Fsp3) is 0.700. The number of nitrogens with two attached hydrogens (primary N) is 1. The van der Waals surface area contributed by atoms with E-state index in [9.17, 15) is 0 Å². The Bertz CT molecular complexity index is 286. The van der Waals surface area contributed by atoms with Crippen LogP contribution in [0.2, 0.25) is 0 Å². The van der Waals surface area contributed by atoms with Crippen molar-refractivity contribution in [3.8, 4) is 0 Å². The predicted octanol–water partition coefficient (Wildman–Crippen LogP) is 0.827. The molecule has 14 heavy (non-hydrogen) atoms. The molecule has 1 aromatic heterocycles. The van der Waals surface area contributed by atoms with E-state index in [0.717, 1.165) is 31.6 Å². The van der Waals surface area contributed by atoms with Gasteiger partial charge in [-0.05, 0) is 38.9 Å². The first kappa shape index (κ1) is 9.68. The molecule has 0 bridgehead atoms. The van der Waals surface area contributed by atoms with Crippen LogP contribution in [0.15, 0.2) is 12.3 Å². The highest BCUT2D eigenvalue weighted by molar-refractivity contribution is 5.06. The number of nitrogens with one attached hydrogen (secondary N) is 1. The molecule has 0 saturated carbocycles. The molecule has 0 aliphatic carbocycles. The second-order valence-electron chi connectivity index (χ2n) is 3.97. The normalized spacial score (nSPS) is 21.0. The lowest BCUT2D eigenvalue weighted by Crippen LogP contribution is -2.31. The van der Waals surface area contributed by atoms with Gasteiger partial charge in [-0.15, -0.1) is 0 Å². The predicted molar refractivity (Wildman–Crippen MR) is 56.0 cm³/mol. The van der Waals surface area contributed by atoms with Crippen molar-refractivity contribution in [3.63, 3.8) is 0 Å². The van der Waals surface area contributed by atoms with E-state index in [2.05, 4.69) is 15.1 Å². The van der Waals surface area contributed by atoms with Crippen LogP contribution in [-0.2, 0) is 0 Å². The van der Waals surface area contributed by atoms with E-state index in [4.69, 9.17) is 5.73 Å². The van der Waals surface area contributed by atoms with Gasteiger partial charge < -0.3 is 11.1 Å². The van der Waals surface area contributed by atoms with E-state index >= 15 is 0 Å². The van der Waals surface area contributed by atoms with Crippen molar-refractivity contribution in [2.45, 2.75) is 31.8 Å². The molecule has 2 rings (SSSR count). The molecule has 1 aliphatic heterocycles. The molecule has 1 saturated heterocycles. The summed E-state index contributed by atoms with van der Waals surface area (Å²) in [6.45, 7) is 4.18. The standard InChI is InChI=1S/C10H18N4/c1-8(11)10-4-7-13-14(10)9-2-5-12-6-3-9/h4,7-9,12H,2-3,5-6,11H2,1H3. The molecule has 78 valence electrons. The number of piperidine rings is 1. The Kier molecular flexibility index (Phi) is 2.84. The summed E-state index contributed by atoms with van der Waals surface area (Å²) in [4.78, 5) is 0. The van der Waals surface area contributed by atoms with E-state index in [1.54, 1.807) is 0 Å². The molecule has 1 aromatic rings. The maximum Gasteiger partial charge on any atom is 0.0551 e. The van der Waals surface area contributed by atoms with Crippen molar-refractivity contribution in [2.24, 2.45) is 5.73 Å². The van der Waals surface area contributed by atoms with Gasteiger partial charge in [-0.3, -0.25) is 4.68 Å². The highest BCUT2D eigenvalue weighted by Gasteiger charge is 2.18. The van der Waals surface area contributed by atoms with Gasteiger partial charge in [-0.1, -0.05) is 0 Å². The van der Waals surface area contributed by atoms with Crippen molar-refractivity contribution >= 4 is 0 Å². The highest BCUT2D eigenvalue weighted by atomic mass is 15.3. The number of nitrogens with zero attached hydrogens (tertiary/aromatic N) is 2.